The molecule has 0 saturated heterocycles. The number of hydrogen-bond acceptors (Lipinski definition) is 4. The number of nitrogens with two attached hydrogens (primary N) is 1. The van der Waals surface area contributed by atoms with Gasteiger partial charge in [0.2, 0.25) is 0 Å². The van der Waals surface area contributed by atoms with Gasteiger partial charge in [-0.05, 0) is 44.2 Å². The molecule has 0 fully saturated rings. The number of pyridine rings is 1. The summed E-state index contributed by atoms with van der Waals surface area (Å²) in [6.45, 7) is 3.91. The van der Waals surface area contributed by atoms with Crippen molar-refractivity contribution in [3.8, 4) is 22.6 Å². The molecule has 8 heteroatoms. The van der Waals surface area contributed by atoms with E-state index < -0.39 is 11.6 Å². The molecule has 0 aliphatic rings. The number of hydrogen-bond donors (Lipinski definition) is 1. The molecule has 4 rings (SSSR count). The maximum atomic E-state index is 14.2. The van der Waals surface area contributed by atoms with Gasteiger partial charge in [0.15, 0.2) is 11.6 Å². The van der Waals surface area contributed by atoms with Crippen molar-refractivity contribution < 1.29 is 13.5 Å². The second-order valence-electron chi connectivity index (χ2n) is 7.34. The SMILES string of the molecule is CC(C)n1ncc2c(=O)n(C)cc(-c3cc(N)ccc3Oc3ccc(F)cc3F)c21. The highest BCUT2D eigenvalue weighted by molar-refractivity contribution is 5.95. The molecule has 0 bridgehead atoms. The van der Waals surface area contributed by atoms with Crippen molar-refractivity contribution in [1.82, 2.24) is 14.3 Å². The number of halogens is 2. The summed E-state index contributed by atoms with van der Waals surface area (Å²) in [6.07, 6.45) is 3.21. The third kappa shape index (κ3) is 3.30. The van der Waals surface area contributed by atoms with Crippen LogP contribution >= 0.6 is 0 Å². The Morgan fingerprint density at radius 3 is 2.50 bits per heavy atom. The first kappa shape index (κ1) is 19.6. The van der Waals surface area contributed by atoms with Gasteiger partial charge in [0.05, 0.1) is 17.1 Å². The van der Waals surface area contributed by atoms with Crippen LogP contribution in [-0.4, -0.2) is 14.3 Å². The van der Waals surface area contributed by atoms with Crippen molar-refractivity contribution in [2.75, 3.05) is 5.73 Å². The molecule has 0 aliphatic heterocycles. The van der Waals surface area contributed by atoms with Crippen LogP contribution in [0.1, 0.15) is 19.9 Å². The molecule has 30 heavy (non-hydrogen) atoms. The molecule has 0 amide bonds. The minimum Gasteiger partial charge on any atom is -0.454 e. The first-order chi connectivity index (χ1) is 14.3. The molecule has 0 radical (unpaired) electrons. The average Bonchev–Trinajstić information content (AvgIpc) is 3.14. The molecule has 0 saturated carbocycles. The van der Waals surface area contributed by atoms with Crippen LogP contribution in [0.4, 0.5) is 14.5 Å². The third-order valence-corrected chi connectivity index (χ3v) is 4.82. The van der Waals surface area contributed by atoms with Gasteiger partial charge in [-0.1, -0.05) is 0 Å². The van der Waals surface area contributed by atoms with Crippen molar-refractivity contribution in [2.45, 2.75) is 19.9 Å². The molecular weight excluding hydrogens is 390 g/mol. The summed E-state index contributed by atoms with van der Waals surface area (Å²) in [7, 11) is 1.64. The predicted octanol–water partition coefficient (Wildman–Crippen LogP) is 4.64. The number of ether oxygens (including phenoxy) is 1. The third-order valence-electron chi connectivity index (χ3n) is 4.82. The molecule has 0 spiro atoms. The van der Waals surface area contributed by atoms with Crippen molar-refractivity contribution in [3.63, 3.8) is 0 Å². The number of rotatable bonds is 4. The van der Waals surface area contributed by atoms with E-state index in [0.29, 0.717) is 33.5 Å². The highest BCUT2D eigenvalue weighted by atomic mass is 19.1. The van der Waals surface area contributed by atoms with E-state index in [1.807, 2.05) is 13.8 Å². The number of aryl methyl sites for hydroxylation is 1. The fourth-order valence-electron chi connectivity index (χ4n) is 3.40. The Hall–Kier alpha value is -3.68. The summed E-state index contributed by atoms with van der Waals surface area (Å²) in [5.74, 6) is -1.33. The molecular formula is C22H20F2N4O2. The van der Waals surface area contributed by atoms with Crippen LogP contribution in [0.25, 0.3) is 22.0 Å². The van der Waals surface area contributed by atoms with E-state index in [0.717, 1.165) is 12.1 Å². The number of nitrogens with zero attached hydrogens (tertiary/aromatic N) is 3. The van der Waals surface area contributed by atoms with E-state index >= 15 is 0 Å². The van der Waals surface area contributed by atoms with E-state index in [1.54, 1.807) is 36.1 Å². The zero-order chi connectivity index (χ0) is 21.6. The zero-order valence-electron chi connectivity index (χ0n) is 16.7. The van der Waals surface area contributed by atoms with Gasteiger partial charge >= 0.3 is 0 Å². The molecule has 0 atom stereocenters. The van der Waals surface area contributed by atoms with Crippen molar-refractivity contribution in [1.29, 1.82) is 0 Å². The minimum atomic E-state index is -0.824. The summed E-state index contributed by atoms with van der Waals surface area (Å²) in [5, 5.41) is 4.82. The van der Waals surface area contributed by atoms with E-state index in [9.17, 15) is 13.6 Å². The molecule has 2 aromatic carbocycles. The number of benzene rings is 2. The summed E-state index contributed by atoms with van der Waals surface area (Å²) in [6, 6.07) is 8.01. The van der Waals surface area contributed by atoms with Crippen LogP contribution in [-0.2, 0) is 7.05 Å². The predicted molar refractivity (Wildman–Crippen MR) is 112 cm³/mol. The number of nitrogen functional groups attached to an aromatic ring is 1. The minimum absolute atomic E-state index is 0.00618. The van der Waals surface area contributed by atoms with Crippen LogP contribution < -0.4 is 16.0 Å². The Balaban J connectivity index is 1.98. The van der Waals surface area contributed by atoms with Crippen LogP contribution in [0.15, 0.2) is 53.6 Å². The Bertz CT molecular complexity index is 1320. The van der Waals surface area contributed by atoms with Gasteiger partial charge in [-0.3, -0.25) is 9.48 Å². The zero-order valence-corrected chi connectivity index (χ0v) is 16.7. The lowest BCUT2D eigenvalue weighted by Gasteiger charge is -2.16. The lowest BCUT2D eigenvalue weighted by Crippen LogP contribution is -2.17. The molecule has 2 heterocycles. The fraction of sp³-hybridized carbons (Fsp3) is 0.182. The van der Waals surface area contributed by atoms with E-state index in [1.165, 1.54) is 16.8 Å². The molecule has 6 nitrogen and oxygen atoms in total. The summed E-state index contributed by atoms with van der Waals surface area (Å²) in [5.41, 5.74) is 8.15. The second-order valence-corrected chi connectivity index (χ2v) is 7.34. The van der Waals surface area contributed by atoms with Gasteiger partial charge in [-0.25, -0.2) is 8.78 Å². The maximum absolute atomic E-state index is 14.2. The van der Waals surface area contributed by atoms with E-state index in [4.69, 9.17) is 10.5 Å². The Kier molecular flexibility index (Phi) is 4.77. The van der Waals surface area contributed by atoms with Crippen molar-refractivity contribution in [3.05, 3.63) is 70.8 Å². The first-order valence-electron chi connectivity index (χ1n) is 9.36. The monoisotopic (exact) mass is 410 g/mol. The first-order valence-corrected chi connectivity index (χ1v) is 9.36. The van der Waals surface area contributed by atoms with E-state index in [2.05, 4.69) is 5.10 Å². The van der Waals surface area contributed by atoms with Gasteiger partial charge in [0.1, 0.15) is 11.6 Å². The van der Waals surface area contributed by atoms with Crippen LogP contribution in [0, 0.1) is 11.6 Å². The Labute approximate surface area is 171 Å². The average molecular weight is 410 g/mol. The highest BCUT2D eigenvalue weighted by Gasteiger charge is 2.20. The molecule has 0 aliphatic carbocycles. The van der Waals surface area contributed by atoms with Gasteiger partial charge in [0.25, 0.3) is 5.56 Å². The van der Waals surface area contributed by atoms with Crippen LogP contribution in [0.2, 0.25) is 0 Å². The maximum Gasteiger partial charge on any atom is 0.261 e. The lowest BCUT2D eigenvalue weighted by molar-refractivity contribution is 0.439. The van der Waals surface area contributed by atoms with Gasteiger partial charge in [-0.15, -0.1) is 0 Å². The van der Waals surface area contributed by atoms with E-state index in [-0.39, 0.29) is 17.4 Å². The van der Waals surface area contributed by atoms with Gasteiger partial charge < -0.3 is 15.0 Å². The summed E-state index contributed by atoms with van der Waals surface area (Å²) < 4.78 is 36.4. The Morgan fingerprint density at radius 2 is 1.80 bits per heavy atom. The van der Waals surface area contributed by atoms with Gasteiger partial charge in [-0.2, -0.15) is 5.10 Å². The molecule has 2 aromatic heterocycles. The topological polar surface area (TPSA) is 75.1 Å². The number of anilines is 1. The van der Waals surface area contributed by atoms with Crippen molar-refractivity contribution >= 4 is 16.6 Å². The number of fused-ring (bicyclic) bond motifs is 1. The summed E-state index contributed by atoms with van der Waals surface area (Å²) >= 11 is 0. The normalized spacial score (nSPS) is 11.4. The summed E-state index contributed by atoms with van der Waals surface area (Å²) in [4.78, 5) is 12.6. The second kappa shape index (κ2) is 7.29. The number of aromatic nitrogens is 3. The lowest BCUT2D eigenvalue weighted by atomic mass is 10.0. The Morgan fingerprint density at radius 1 is 1.07 bits per heavy atom. The van der Waals surface area contributed by atoms with Crippen LogP contribution in [0.3, 0.4) is 0 Å². The van der Waals surface area contributed by atoms with Crippen LogP contribution in [0.5, 0.6) is 11.5 Å². The molecule has 2 N–H and O–H groups in total. The fourth-order valence-corrected chi connectivity index (χ4v) is 3.40. The standard InChI is InChI=1S/C22H20F2N4O2/c1-12(2)28-21-16(10-26-28)22(29)27(3)11-17(21)15-9-14(25)5-7-19(15)30-20-6-4-13(23)8-18(20)24/h4-12H,25H2,1-3H3. The molecule has 0 unspecified atom stereocenters. The molecule has 154 valence electrons. The quantitative estimate of drug-likeness (QED) is 0.498. The highest BCUT2D eigenvalue weighted by Crippen LogP contribution is 2.38. The smallest absolute Gasteiger partial charge is 0.261 e. The van der Waals surface area contributed by atoms with Crippen molar-refractivity contribution in [2.24, 2.45) is 7.05 Å². The van der Waals surface area contributed by atoms with Gasteiger partial charge in [0, 0.05) is 42.2 Å². The molecule has 4 aromatic rings. The largest absolute Gasteiger partial charge is 0.454 e.